The lowest BCUT2D eigenvalue weighted by Gasteiger charge is -2.26. The molecule has 0 atom stereocenters. The predicted molar refractivity (Wildman–Crippen MR) is 105 cm³/mol. The lowest BCUT2D eigenvalue weighted by Crippen LogP contribution is -2.31. The number of aliphatic hydroxyl groups is 2. The molecule has 7 nitrogen and oxygen atoms in total. The van der Waals surface area contributed by atoms with E-state index in [4.69, 9.17) is 0 Å². The van der Waals surface area contributed by atoms with Crippen molar-refractivity contribution in [3.05, 3.63) is 53.6 Å². The Kier molecular flexibility index (Phi) is 5.62. The number of amides is 1. The summed E-state index contributed by atoms with van der Waals surface area (Å²) in [7, 11) is -3.28. The van der Waals surface area contributed by atoms with Gasteiger partial charge in [-0.15, -0.1) is 0 Å². The van der Waals surface area contributed by atoms with Crippen LogP contribution in [0.2, 0.25) is 0 Å². The number of hydrogen-bond donors (Lipinski definition) is 3. The average Bonchev–Trinajstić information content (AvgIpc) is 2.62. The molecular formula is C19H19NO6S2. The van der Waals surface area contributed by atoms with E-state index in [0.717, 1.165) is 11.8 Å². The molecule has 0 aromatic heterocycles. The van der Waals surface area contributed by atoms with Gasteiger partial charge in [-0.2, -0.15) is 0 Å². The molecule has 0 aliphatic carbocycles. The van der Waals surface area contributed by atoms with E-state index in [2.05, 4.69) is 5.32 Å². The number of carbonyl (C=O) groups excluding carboxylic acids is 2. The van der Waals surface area contributed by atoms with Crippen LogP contribution in [0.5, 0.6) is 0 Å². The van der Waals surface area contributed by atoms with Crippen LogP contribution in [0.15, 0.2) is 52.3 Å². The van der Waals surface area contributed by atoms with Gasteiger partial charge in [0.2, 0.25) is 11.0 Å². The number of benzene rings is 2. The lowest BCUT2D eigenvalue weighted by molar-refractivity contribution is -0.115. The van der Waals surface area contributed by atoms with Gasteiger partial charge in [-0.25, -0.2) is 8.42 Å². The van der Waals surface area contributed by atoms with Gasteiger partial charge in [0.15, 0.2) is 15.6 Å². The van der Waals surface area contributed by atoms with Crippen LogP contribution in [-0.4, -0.2) is 41.2 Å². The summed E-state index contributed by atoms with van der Waals surface area (Å²) in [5.41, 5.74) is 1.41. The number of fused-ring (bicyclic) bond motifs is 1. The number of rotatable bonds is 5. The number of thioether (sulfide) groups is 1. The van der Waals surface area contributed by atoms with Crippen molar-refractivity contribution < 1.29 is 28.2 Å². The molecule has 1 amide bonds. The van der Waals surface area contributed by atoms with E-state index >= 15 is 0 Å². The molecule has 0 unspecified atom stereocenters. The Hall–Kier alpha value is -2.20. The van der Waals surface area contributed by atoms with Crippen LogP contribution in [0.3, 0.4) is 0 Å². The maximum atomic E-state index is 12.3. The van der Waals surface area contributed by atoms with Crippen molar-refractivity contribution in [1.82, 2.24) is 0 Å². The van der Waals surface area contributed by atoms with E-state index in [9.17, 15) is 28.2 Å². The smallest absolute Gasteiger partial charge is 0.228 e. The largest absolute Gasteiger partial charge is 0.357 e. The van der Waals surface area contributed by atoms with Gasteiger partial charge in [-0.1, -0.05) is 30.8 Å². The molecule has 2 aromatic carbocycles. The van der Waals surface area contributed by atoms with Gasteiger partial charge in [-0.05, 0) is 35.9 Å². The number of nitrogens with one attached hydrogen (secondary N) is 1. The molecule has 3 rings (SSSR count). The standard InChI is InChI=1S/C19H19NO6S2/c1-2-28(25,26)14-6-3-12(4-7-14)9-18(22)20-13-5-8-17-15(10-13)16(21)11-19(23,24)27-17/h3-8,10,23-24H,2,9,11H2,1H3,(H,20,22). The topological polar surface area (TPSA) is 121 Å². The second-order valence-electron chi connectivity index (χ2n) is 6.43. The Morgan fingerprint density at radius 2 is 1.86 bits per heavy atom. The summed E-state index contributed by atoms with van der Waals surface area (Å²) >= 11 is 0.782. The Morgan fingerprint density at radius 1 is 1.18 bits per heavy atom. The molecule has 0 saturated carbocycles. The minimum absolute atomic E-state index is 0.00977. The van der Waals surface area contributed by atoms with E-state index < -0.39 is 27.2 Å². The molecule has 0 saturated heterocycles. The van der Waals surface area contributed by atoms with Crippen molar-refractivity contribution in [2.75, 3.05) is 11.1 Å². The lowest BCUT2D eigenvalue weighted by atomic mass is 10.1. The molecule has 9 heteroatoms. The summed E-state index contributed by atoms with van der Waals surface area (Å²) in [6.45, 7) is 1.57. The van der Waals surface area contributed by atoms with Crippen molar-refractivity contribution in [2.24, 2.45) is 0 Å². The van der Waals surface area contributed by atoms with Crippen LogP contribution in [0, 0.1) is 0 Å². The van der Waals surface area contributed by atoms with Gasteiger partial charge in [0.25, 0.3) is 0 Å². The third-order valence-electron chi connectivity index (χ3n) is 4.26. The predicted octanol–water partition coefficient (Wildman–Crippen LogP) is 1.98. The fraction of sp³-hybridized carbons (Fsp3) is 0.263. The van der Waals surface area contributed by atoms with Gasteiger partial charge in [-0.3, -0.25) is 9.59 Å². The highest BCUT2D eigenvalue weighted by molar-refractivity contribution is 8.00. The first-order valence-corrected chi connectivity index (χ1v) is 11.0. The molecule has 3 N–H and O–H groups in total. The molecule has 0 spiro atoms. The molecule has 0 bridgehead atoms. The van der Waals surface area contributed by atoms with Crippen LogP contribution in [0.4, 0.5) is 5.69 Å². The number of carbonyl (C=O) groups is 2. The van der Waals surface area contributed by atoms with Crippen molar-refractivity contribution >= 4 is 39.0 Å². The van der Waals surface area contributed by atoms with Gasteiger partial charge < -0.3 is 15.5 Å². The highest BCUT2D eigenvalue weighted by Gasteiger charge is 2.36. The zero-order valence-corrected chi connectivity index (χ0v) is 16.6. The highest BCUT2D eigenvalue weighted by atomic mass is 32.2. The molecular weight excluding hydrogens is 402 g/mol. The Balaban J connectivity index is 1.69. The van der Waals surface area contributed by atoms with Crippen LogP contribution in [0.25, 0.3) is 0 Å². The molecule has 1 aliphatic heterocycles. The fourth-order valence-corrected chi connectivity index (χ4v) is 4.66. The fourth-order valence-electron chi connectivity index (χ4n) is 2.80. The molecule has 1 heterocycles. The quantitative estimate of drug-likeness (QED) is 0.631. The van der Waals surface area contributed by atoms with Crippen LogP contribution in [-0.2, 0) is 21.1 Å². The summed E-state index contributed by atoms with van der Waals surface area (Å²) in [6, 6.07) is 10.8. The molecule has 0 radical (unpaired) electrons. The molecule has 1 aliphatic rings. The van der Waals surface area contributed by atoms with Gasteiger partial charge in [0, 0.05) is 16.1 Å². The molecule has 2 aromatic rings. The van der Waals surface area contributed by atoms with Crippen LogP contribution in [0.1, 0.15) is 29.3 Å². The minimum Gasteiger partial charge on any atom is -0.357 e. The zero-order chi connectivity index (χ0) is 20.5. The molecule has 28 heavy (non-hydrogen) atoms. The molecule has 148 valence electrons. The Bertz CT molecular complexity index is 1030. The number of ketones is 1. The Labute approximate surface area is 166 Å². The first-order chi connectivity index (χ1) is 13.1. The SMILES string of the molecule is CCS(=O)(=O)c1ccc(CC(=O)Nc2ccc3c(c2)C(=O)CC(O)(O)S3)cc1. The summed E-state index contributed by atoms with van der Waals surface area (Å²) in [4.78, 5) is 25.0. The third-order valence-corrected chi connectivity index (χ3v) is 7.05. The van der Waals surface area contributed by atoms with Crippen molar-refractivity contribution in [1.29, 1.82) is 0 Å². The number of hydrogen-bond acceptors (Lipinski definition) is 7. The summed E-state index contributed by atoms with van der Waals surface area (Å²) in [6.07, 6.45) is -0.377. The zero-order valence-electron chi connectivity index (χ0n) is 15.0. The van der Waals surface area contributed by atoms with E-state index in [1.165, 1.54) is 18.2 Å². The Morgan fingerprint density at radius 3 is 2.50 bits per heavy atom. The van der Waals surface area contributed by atoms with Crippen molar-refractivity contribution in [3.63, 3.8) is 0 Å². The summed E-state index contributed by atoms with van der Waals surface area (Å²) in [5.74, 6) is -0.723. The highest BCUT2D eigenvalue weighted by Crippen LogP contribution is 2.40. The maximum Gasteiger partial charge on any atom is 0.228 e. The second kappa shape index (κ2) is 7.67. The maximum absolute atomic E-state index is 12.3. The van der Waals surface area contributed by atoms with Gasteiger partial charge in [0.05, 0.1) is 23.5 Å². The average molecular weight is 421 g/mol. The van der Waals surface area contributed by atoms with E-state index in [1.807, 2.05) is 0 Å². The monoisotopic (exact) mass is 421 g/mol. The normalized spacial score (nSPS) is 15.8. The van der Waals surface area contributed by atoms with E-state index in [-0.39, 0.29) is 23.0 Å². The van der Waals surface area contributed by atoms with E-state index in [1.54, 1.807) is 31.2 Å². The van der Waals surface area contributed by atoms with Gasteiger partial charge in [0.1, 0.15) is 0 Å². The summed E-state index contributed by atoms with van der Waals surface area (Å²) in [5, 5.41) is 19.9. The number of Topliss-reactive ketones (excluding diaryl/α,β-unsaturated/α-hetero) is 1. The molecule has 0 fully saturated rings. The van der Waals surface area contributed by atoms with Gasteiger partial charge >= 0.3 is 0 Å². The van der Waals surface area contributed by atoms with E-state index in [0.29, 0.717) is 21.7 Å². The van der Waals surface area contributed by atoms with Crippen molar-refractivity contribution in [3.8, 4) is 0 Å². The minimum atomic E-state index is -3.28. The van der Waals surface area contributed by atoms with Crippen LogP contribution >= 0.6 is 11.8 Å². The first kappa shape index (κ1) is 20.5. The number of sulfone groups is 1. The summed E-state index contributed by atoms with van der Waals surface area (Å²) < 4.78 is 23.6. The second-order valence-corrected chi connectivity index (χ2v) is 10.0. The van der Waals surface area contributed by atoms with Crippen molar-refractivity contribution in [2.45, 2.75) is 34.7 Å². The van der Waals surface area contributed by atoms with Crippen LogP contribution < -0.4 is 5.32 Å². The first-order valence-electron chi connectivity index (χ1n) is 8.52. The number of anilines is 1. The third kappa shape index (κ3) is 4.61.